The van der Waals surface area contributed by atoms with Gasteiger partial charge in [-0.1, -0.05) is 12.0 Å². The first-order valence-corrected chi connectivity index (χ1v) is 3.72. The molecule has 0 radical (unpaired) electrons. The molecule has 0 heterocycles. The summed E-state index contributed by atoms with van der Waals surface area (Å²) < 4.78 is 0. The zero-order valence-electron chi connectivity index (χ0n) is 7.02. The lowest BCUT2D eigenvalue weighted by atomic mass is 10.5. The van der Waals surface area contributed by atoms with Crippen molar-refractivity contribution in [2.75, 3.05) is 13.1 Å². The lowest BCUT2D eigenvalue weighted by Crippen LogP contribution is -2.15. The Morgan fingerprint density at radius 3 is 2.30 bits per heavy atom. The summed E-state index contributed by atoms with van der Waals surface area (Å²) in [5.74, 6) is 2.93. The van der Waals surface area contributed by atoms with Gasteiger partial charge in [0.25, 0.3) is 0 Å². The SMILES string of the molecule is C/C=C/C#CN(CC)CC. The highest BCUT2D eigenvalue weighted by atomic mass is 15.1. The van der Waals surface area contributed by atoms with Gasteiger partial charge in [0, 0.05) is 19.1 Å². The molecule has 0 rings (SSSR count). The number of rotatable bonds is 2. The van der Waals surface area contributed by atoms with Gasteiger partial charge in [0.05, 0.1) is 0 Å². The van der Waals surface area contributed by atoms with Crippen molar-refractivity contribution in [3.05, 3.63) is 12.2 Å². The van der Waals surface area contributed by atoms with E-state index in [9.17, 15) is 0 Å². The van der Waals surface area contributed by atoms with Gasteiger partial charge >= 0.3 is 0 Å². The van der Waals surface area contributed by atoms with Gasteiger partial charge in [0.2, 0.25) is 0 Å². The van der Waals surface area contributed by atoms with Crippen LogP contribution in [0.5, 0.6) is 0 Å². The fourth-order valence-electron chi connectivity index (χ4n) is 0.594. The van der Waals surface area contributed by atoms with E-state index in [2.05, 4.69) is 30.7 Å². The Bertz CT molecular complexity index is 144. The molecule has 56 valence electrons. The summed E-state index contributed by atoms with van der Waals surface area (Å²) in [4.78, 5) is 2.07. The highest BCUT2D eigenvalue weighted by Gasteiger charge is 1.85. The third-order valence-corrected chi connectivity index (χ3v) is 1.24. The summed E-state index contributed by atoms with van der Waals surface area (Å²) in [6, 6.07) is 3.02. The van der Waals surface area contributed by atoms with Gasteiger partial charge in [-0.15, -0.1) is 0 Å². The molecular formula is C9H15N. The minimum absolute atomic E-state index is 1.00. The van der Waals surface area contributed by atoms with E-state index in [0.29, 0.717) is 0 Å². The number of nitrogens with zero attached hydrogens (tertiary/aromatic N) is 1. The predicted molar refractivity (Wildman–Crippen MR) is 45.5 cm³/mol. The second-order valence-corrected chi connectivity index (χ2v) is 1.93. The molecule has 0 unspecified atom stereocenters. The average Bonchev–Trinajstić information content (AvgIpc) is 1.99. The Morgan fingerprint density at radius 1 is 1.30 bits per heavy atom. The standard InChI is InChI=1S/C9H15N/c1-4-7-8-9-10(5-2)6-3/h4,7H,5-6H2,1-3H3/b7-4+. The van der Waals surface area contributed by atoms with Gasteiger partial charge in [-0.25, -0.2) is 0 Å². The molecule has 10 heavy (non-hydrogen) atoms. The summed E-state index contributed by atoms with van der Waals surface area (Å²) in [5.41, 5.74) is 0. The van der Waals surface area contributed by atoms with Gasteiger partial charge in [-0.2, -0.15) is 0 Å². The van der Waals surface area contributed by atoms with Crippen LogP contribution in [0.3, 0.4) is 0 Å². The van der Waals surface area contributed by atoms with Crippen molar-refractivity contribution < 1.29 is 0 Å². The summed E-state index contributed by atoms with van der Waals surface area (Å²) in [6.45, 7) is 8.18. The van der Waals surface area contributed by atoms with Crippen molar-refractivity contribution in [2.45, 2.75) is 20.8 Å². The zero-order chi connectivity index (χ0) is 7.82. The third kappa shape index (κ3) is 4.03. The van der Waals surface area contributed by atoms with Crippen molar-refractivity contribution in [3.8, 4) is 12.0 Å². The van der Waals surface area contributed by atoms with Gasteiger partial charge in [-0.3, -0.25) is 0 Å². The van der Waals surface area contributed by atoms with Crippen molar-refractivity contribution >= 4 is 0 Å². The molecule has 0 aliphatic carbocycles. The first kappa shape index (κ1) is 9.10. The Morgan fingerprint density at radius 2 is 1.90 bits per heavy atom. The van der Waals surface area contributed by atoms with Crippen LogP contribution in [-0.2, 0) is 0 Å². The van der Waals surface area contributed by atoms with E-state index in [4.69, 9.17) is 0 Å². The Balaban J connectivity index is 3.74. The van der Waals surface area contributed by atoms with Gasteiger partial charge in [0.1, 0.15) is 0 Å². The van der Waals surface area contributed by atoms with Crippen LogP contribution >= 0.6 is 0 Å². The van der Waals surface area contributed by atoms with Crippen LogP contribution in [0, 0.1) is 12.0 Å². The van der Waals surface area contributed by atoms with Crippen LogP contribution < -0.4 is 0 Å². The second kappa shape index (κ2) is 6.22. The molecule has 1 nitrogen and oxygen atoms in total. The fourth-order valence-corrected chi connectivity index (χ4v) is 0.594. The molecule has 0 aromatic carbocycles. The van der Waals surface area contributed by atoms with Crippen molar-refractivity contribution in [3.63, 3.8) is 0 Å². The van der Waals surface area contributed by atoms with Gasteiger partial charge in [0.15, 0.2) is 0 Å². The first-order valence-electron chi connectivity index (χ1n) is 3.72. The molecule has 0 fully saturated rings. The molecule has 0 aliphatic rings. The molecule has 0 saturated carbocycles. The van der Waals surface area contributed by atoms with Gasteiger partial charge in [-0.05, 0) is 26.8 Å². The van der Waals surface area contributed by atoms with Gasteiger partial charge < -0.3 is 4.90 Å². The second-order valence-electron chi connectivity index (χ2n) is 1.93. The van der Waals surface area contributed by atoms with Crippen LogP contribution in [0.25, 0.3) is 0 Å². The van der Waals surface area contributed by atoms with Crippen LogP contribution in [0.2, 0.25) is 0 Å². The van der Waals surface area contributed by atoms with E-state index < -0.39 is 0 Å². The molecule has 0 spiro atoms. The Kier molecular flexibility index (Phi) is 5.66. The molecule has 0 aromatic heterocycles. The highest BCUT2D eigenvalue weighted by molar-refractivity contribution is 5.13. The maximum Gasteiger partial charge on any atom is 0.0232 e. The minimum atomic E-state index is 1.00. The zero-order valence-corrected chi connectivity index (χ0v) is 7.02. The average molecular weight is 137 g/mol. The molecule has 0 aromatic rings. The summed E-state index contributed by atoms with van der Waals surface area (Å²) >= 11 is 0. The monoisotopic (exact) mass is 137 g/mol. The fraction of sp³-hybridized carbons (Fsp3) is 0.556. The van der Waals surface area contributed by atoms with Crippen LogP contribution in [0.4, 0.5) is 0 Å². The molecule has 0 aliphatic heterocycles. The topological polar surface area (TPSA) is 3.24 Å². The van der Waals surface area contributed by atoms with Crippen molar-refractivity contribution in [1.82, 2.24) is 4.90 Å². The number of hydrogen-bond acceptors (Lipinski definition) is 1. The van der Waals surface area contributed by atoms with Crippen LogP contribution in [-0.4, -0.2) is 18.0 Å². The van der Waals surface area contributed by atoms with E-state index >= 15 is 0 Å². The molecule has 0 saturated heterocycles. The minimum Gasteiger partial charge on any atom is -0.333 e. The molecule has 1 heteroatoms. The quantitative estimate of drug-likeness (QED) is 0.415. The van der Waals surface area contributed by atoms with E-state index in [1.165, 1.54) is 0 Å². The van der Waals surface area contributed by atoms with E-state index in [0.717, 1.165) is 13.1 Å². The maximum atomic E-state index is 3.02. The van der Waals surface area contributed by atoms with Crippen LogP contribution in [0.1, 0.15) is 20.8 Å². The Hall–Kier alpha value is -0.900. The number of allylic oxidation sites excluding steroid dienone is 2. The molecule has 0 atom stereocenters. The number of hydrogen-bond donors (Lipinski definition) is 0. The lowest BCUT2D eigenvalue weighted by molar-refractivity contribution is 0.444. The molecular weight excluding hydrogens is 122 g/mol. The van der Waals surface area contributed by atoms with E-state index in [1.807, 2.05) is 19.1 Å². The smallest absolute Gasteiger partial charge is 0.0232 e. The Labute approximate surface area is 63.7 Å². The summed E-state index contributed by atoms with van der Waals surface area (Å²) in [5, 5.41) is 0. The predicted octanol–water partition coefficient (Wildman–Crippen LogP) is 1.87. The molecule has 0 N–H and O–H groups in total. The van der Waals surface area contributed by atoms with Crippen molar-refractivity contribution in [2.24, 2.45) is 0 Å². The lowest BCUT2D eigenvalue weighted by Gasteiger charge is -2.09. The van der Waals surface area contributed by atoms with Crippen molar-refractivity contribution in [1.29, 1.82) is 0 Å². The van der Waals surface area contributed by atoms with E-state index in [1.54, 1.807) is 0 Å². The third-order valence-electron chi connectivity index (χ3n) is 1.24. The summed E-state index contributed by atoms with van der Waals surface area (Å²) in [7, 11) is 0. The largest absolute Gasteiger partial charge is 0.333 e. The summed E-state index contributed by atoms with van der Waals surface area (Å²) in [6.07, 6.45) is 3.80. The molecule has 0 bridgehead atoms. The van der Waals surface area contributed by atoms with Crippen LogP contribution in [0.15, 0.2) is 12.2 Å². The first-order chi connectivity index (χ1) is 4.85. The highest BCUT2D eigenvalue weighted by Crippen LogP contribution is 1.81. The maximum absolute atomic E-state index is 3.02. The normalized spacial score (nSPS) is 9.10. The molecule has 0 amide bonds. The van der Waals surface area contributed by atoms with E-state index in [-0.39, 0.29) is 0 Å².